The Kier molecular flexibility index (Phi) is 14.2. The molecule has 8 bridgehead atoms. The molecule has 0 unspecified atom stereocenters. The maximum atomic E-state index is 6.81. The van der Waals surface area contributed by atoms with Crippen molar-refractivity contribution < 1.29 is 26.4 Å². The molecule has 10 aromatic rings. The summed E-state index contributed by atoms with van der Waals surface area (Å²) in [4.78, 5) is 21.8. The summed E-state index contributed by atoms with van der Waals surface area (Å²) in [5.41, 5.74) is 10.2. The molecule has 8 heteroatoms. The van der Waals surface area contributed by atoms with Crippen LogP contribution < -0.4 is 25.4 Å². The van der Waals surface area contributed by atoms with Gasteiger partial charge in [0.25, 0.3) is 0 Å². The maximum Gasteiger partial charge on any atom is 0.549 e. The molecule has 0 aliphatic carbocycles. The first-order valence-corrected chi connectivity index (χ1v) is 23.4. The average Bonchev–Trinajstić information content (AvgIpc) is 4.26. The van der Waals surface area contributed by atoms with Crippen LogP contribution in [0.3, 0.4) is 0 Å². The van der Waals surface area contributed by atoms with E-state index in [2.05, 4.69) is 167 Å². The van der Waals surface area contributed by atoms with E-state index in [9.17, 15) is 0 Å². The summed E-state index contributed by atoms with van der Waals surface area (Å²) in [6, 6.07) is 80.2. The van der Waals surface area contributed by atoms with Gasteiger partial charge in [-0.2, -0.15) is 0 Å². The molecule has 1 radical (unpaired) electrons. The Labute approximate surface area is 423 Å². The normalized spacial score (nSPS) is 14.4. The number of fused-ring (bicyclic) bond motifs is 8. The molecule has 6 heterocycles. The molecule has 6 aromatic carbocycles. The molecular formula is C62H51BCuN4O2. The van der Waals surface area contributed by atoms with Crippen molar-refractivity contribution in [1.29, 1.82) is 0 Å². The minimum atomic E-state index is -0.683. The van der Waals surface area contributed by atoms with Gasteiger partial charge in [0.1, 0.15) is 0 Å². The largest absolute Gasteiger partial charge is 0.629 e. The van der Waals surface area contributed by atoms with Crippen molar-refractivity contribution in [2.75, 3.05) is 0 Å². The van der Waals surface area contributed by atoms with Crippen LogP contribution in [0.1, 0.15) is 95.5 Å². The van der Waals surface area contributed by atoms with E-state index in [1.807, 2.05) is 97.1 Å². The van der Waals surface area contributed by atoms with Gasteiger partial charge in [0.05, 0.1) is 33.5 Å². The zero-order valence-electron chi connectivity index (χ0n) is 39.5. The summed E-state index contributed by atoms with van der Waals surface area (Å²) < 4.78 is 13.6. The predicted molar refractivity (Wildman–Crippen MR) is 276 cm³/mol. The van der Waals surface area contributed by atoms with Crippen molar-refractivity contribution in [2.45, 2.75) is 38.9 Å². The minimum absolute atomic E-state index is 0. The van der Waals surface area contributed by atoms with Gasteiger partial charge in [-0.3, -0.25) is 0 Å². The fourth-order valence-corrected chi connectivity index (χ4v) is 8.71. The van der Waals surface area contributed by atoms with Crippen LogP contribution >= 0.6 is 0 Å². The predicted octanol–water partition coefficient (Wildman–Crippen LogP) is 11.6. The van der Waals surface area contributed by atoms with Crippen molar-refractivity contribution in [3.63, 3.8) is 0 Å². The number of benzene rings is 6. The Balaban J connectivity index is 0.000000411. The second kappa shape index (κ2) is 21.0. The van der Waals surface area contributed by atoms with Crippen LogP contribution in [0.15, 0.2) is 237 Å². The number of nitrogens with zero attached hydrogens (tertiary/aromatic N) is 4. The van der Waals surface area contributed by atoms with Crippen molar-refractivity contribution in [1.82, 2.24) is 19.9 Å². The average molecular weight is 958 g/mol. The summed E-state index contributed by atoms with van der Waals surface area (Å²) in [7, 11) is -0.683. The summed E-state index contributed by atoms with van der Waals surface area (Å²) >= 11 is 0. The molecular weight excluding hydrogens is 907 g/mol. The molecule has 12 rings (SSSR count). The fourth-order valence-electron chi connectivity index (χ4n) is 8.71. The van der Waals surface area contributed by atoms with Crippen LogP contribution in [0.25, 0.3) is 0 Å². The summed E-state index contributed by atoms with van der Waals surface area (Å²) in [5, 5.41) is 0. The van der Waals surface area contributed by atoms with Gasteiger partial charge in [0.2, 0.25) is 0 Å². The molecule has 0 N–H and O–H groups in total. The maximum absolute atomic E-state index is 6.81. The molecule has 0 saturated carbocycles. The van der Waals surface area contributed by atoms with Gasteiger partial charge in [-0.15, -0.1) is 0 Å². The molecule has 6 nitrogen and oxygen atoms in total. The first-order chi connectivity index (χ1) is 33.7. The van der Waals surface area contributed by atoms with E-state index < -0.39 is 18.3 Å². The molecule has 4 aromatic heterocycles. The summed E-state index contributed by atoms with van der Waals surface area (Å²) in [5.74, 6) is 3.68. The molecule has 70 heavy (non-hydrogen) atoms. The van der Waals surface area contributed by atoms with Crippen LogP contribution in [0, 0.1) is 23.7 Å². The number of hydrogen-bond donors (Lipinski definition) is 0. The van der Waals surface area contributed by atoms with E-state index in [-0.39, 0.29) is 17.1 Å². The smallest absolute Gasteiger partial charge is 0.549 e. The van der Waals surface area contributed by atoms with E-state index >= 15 is 0 Å². The Morgan fingerprint density at radius 3 is 0.857 bits per heavy atom. The van der Waals surface area contributed by atoms with Gasteiger partial charge in [0.15, 0.2) is 0 Å². The monoisotopic (exact) mass is 957 g/mol. The van der Waals surface area contributed by atoms with Gasteiger partial charge in [-0.25, -0.2) is 0 Å². The van der Waals surface area contributed by atoms with Crippen LogP contribution in [-0.4, -0.2) is 18.3 Å². The first kappa shape index (κ1) is 47.5. The topological polar surface area (TPSA) is 74.9 Å². The minimum Gasteiger partial charge on any atom is -0.629 e. The standard InChI is InChI=1S/C50H39BN4O2.2C6H6.Cu/c1-49(2)50(3,4)57-51(56-49)36-31-43-46(34-21-13-7-14-22-34)41-28-27-39(53-41)44(32-17-9-5-10-18-32)37-25-26-38(52-37)45(33-19-11-6-12-20-33)40-29-30-42(54-40)47(48(36)55-43)35-23-15-8-16-24-35;2*1-2-4-6-5-3-1;/h5-31H,1-4H3;2*1-6H;. The number of hydrogen-bond acceptors (Lipinski definition) is 2. The van der Waals surface area contributed by atoms with Crippen LogP contribution in [0.2, 0.25) is 0 Å². The van der Waals surface area contributed by atoms with Gasteiger partial charge >= 0.3 is 7.12 Å². The quantitative estimate of drug-likeness (QED) is 0.126. The molecule has 0 spiro atoms. The van der Waals surface area contributed by atoms with Crippen molar-refractivity contribution in [2.24, 2.45) is 0 Å². The van der Waals surface area contributed by atoms with Crippen LogP contribution in [-0.2, 0) is 26.4 Å². The van der Waals surface area contributed by atoms with Gasteiger partial charge < -0.3 is 29.2 Å². The van der Waals surface area contributed by atoms with Gasteiger partial charge in [-0.05, 0) is 140 Å². The van der Waals surface area contributed by atoms with E-state index in [1.165, 1.54) is 0 Å². The fraction of sp³-hybridized carbons (Fsp3) is 0.0968. The molecule has 0 amide bonds. The SMILES string of the molecule is CC1(C)OB(c2cc3[n-]c2[C+](c2ccccc2)c2ccc([n-]2)[C+](c2ccccc2)c2ccc([n-]2)[C+](c2ccccc2)c2ccc([n-]2)[C+]3c2ccccc2)OC1(C)C.[Cu].c1ccccc1.c1ccccc1. The molecule has 2 aliphatic heterocycles. The third-order valence-electron chi connectivity index (χ3n) is 12.8. The summed E-state index contributed by atoms with van der Waals surface area (Å²) in [6.45, 7) is 8.33. The summed E-state index contributed by atoms with van der Waals surface area (Å²) in [6.07, 6.45) is 0. The van der Waals surface area contributed by atoms with E-state index in [0.717, 1.165) is 96.9 Å². The van der Waals surface area contributed by atoms with Crippen molar-refractivity contribution >= 4 is 12.6 Å². The van der Waals surface area contributed by atoms with Gasteiger partial charge in [0, 0.05) is 137 Å². The zero-order chi connectivity index (χ0) is 47.2. The van der Waals surface area contributed by atoms with Crippen molar-refractivity contribution in [3.8, 4) is 0 Å². The van der Waals surface area contributed by atoms with E-state index in [0.29, 0.717) is 0 Å². The molecule has 2 aliphatic rings. The third-order valence-corrected chi connectivity index (χ3v) is 12.8. The van der Waals surface area contributed by atoms with E-state index in [4.69, 9.17) is 29.2 Å². The Bertz CT molecular complexity index is 3050. The molecule has 345 valence electrons. The van der Waals surface area contributed by atoms with E-state index in [1.54, 1.807) is 0 Å². The molecule has 1 saturated heterocycles. The third kappa shape index (κ3) is 9.95. The van der Waals surface area contributed by atoms with Gasteiger partial charge in [-0.1, -0.05) is 78.5 Å². The Morgan fingerprint density at radius 1 is 0.314 bits per heavy atom. The Hall–Kier alpha value is -7.58. The first-order valence-electron chi connectivity index (χ1n) is 23.4. The van der Waals surface area contributed by atoms with Crippen LogP contribution in [0.4, 0.5) is 0 Å². The molecule has 1 fully saturated rings. The molecule has 0 atom stereocenters. The Morgan fingerprint density at radius 2 is 0.557 bits per heavy atom. The zero-order valence-corrected chi connectivity index (χ0v) is 40.4. The van der Waals surface area contributed by atoms with Crippen LogP contribution in [0.5, 0.6) is 0 Å². The number of rotatable bonds is 5. The van der Waals surface area contributed by atoms with Crippen molar-refractivity contribution in [3.05, 3.63) is 328 Å². The second-order valence-electron chi connectivity index (χ2n) is 18.0. The second-order valence-corrected chi connectivity index (χ2v) is 18.0. The number of aromatic nitrogens is 4.